The first-order valence-electron chi connectivity index (χ1n) is 10.7. The average molecular weight is 447 g/mol. The number of benzene rings is 2. The molecule has 2 aromatic rings. The first-order chi connectivity index (χ1) is 14.8. The number of anilines is 1. The molecule has 0 saturated heterocycles. The molecule has 2 N–H and O–H groups in total. The second kappa shape index (κ2) is 10.2. The molecule has 0 spiro atoms. The van der Waals surface area contributed by atoms with E-state index in [1.807, 2.05) is 32.0 Å². The lowest BCUT2D eigenvalue weighted by Crippen LogP contribution is -2.27. The molecule has 0 bridgehead atoms. The monoisotopic (exact) mass is 446 g/mol. The van der Waals surface area contributed by atoms with E-state index in [9.17, 15) is 13.2 Å². The SMILES string of the molecule is CCCOc1ccc([C@@H](C)NS(=O)(=O)c2ccc3c(c2)CCC(=O)N3)cc1OCCC. The van der Waals surface area contributed by atoms with Crippen LogP contribution in [0.15, 0.2) is 41.3 Å². The number of hydrogen-bond acceptors (Lipinski definition) is 5. The molecule has 1 aliphatic rings. The normalized spacial score (nSPS) is 14.5. The molecular weight excluding hydrogens is 416 g/mol. The fourth-order valence-electron chi connectivity index (χ4n) is 3.35. The molecule has 1 heterocycles. The summed E-state index contributed by atoms with van der Waals surface area (Å²) in [6.07, 6.45) is 2.62. The number of carbonyl (C=O) groups excluding carboxylic acids is 1. The second-order valence-electron chi connectivity index (χ2n) is 7.61. The van der Waals surface area contributed by atoms with E-state index in [0.717, 1.165) is 24.0 Å². The van der Waals surface area contributed by atoms with Crippen LogP contribution >= 0.6 is 0 Å². The van der Waals surface area contributed by atoms with Crippen molar-refractivity contribution < 1.29 is 22.7 Å². The molecule has 0 saturated carbocycles. The Bertz CT molecular complexity index is 1040. The van der Waals surface area contributed by atoms with Gasteiger partial charge in [0, 0.05) is 18.2 Å². The fourth-order valence-corrected chi connectivity index (χ4v) is 4.63. The fraction of sp³-hybridized carbons (Fsp3) is 0.435. The zero-order valence-electron chi connectivity index (χ0n) is 18.2. The molecule has 168 valence electrons. The predicted octanol–water partition coefficient (Wildman–Crippen LogP) is 4.19. The van der Waals surface area contributed by atoms with Gasteiger partial charge in [-0.2, -0.15) is 0 Å². The molecule has 7 nitrogen and oxygen atoms in total. The van der Waals surface area contributed by atoms with Crippen LogP contribution in [0.1, 0.15) is 57.2 Å². The molecule has 31 heavy (non-hydrogen) atoms. The highest BCUT2D eigenvalue weighted by molar-refractivity contribution is 7.89. The summed E-state index contributed by atoms with van der Waals surface area (Å²) in [5, 5.41) is 2.77. The van der Waals surface area contributed by atoms with Gasteiger partial charge in [-0.1, -0.05) is 19.9 Å². The van der Waals surface area contributed by atoms with Crippen LogP contribution in [0, 0.1) is 0 Å². The van der Waals surface area contributed by atoms with E-state index in [-0.39, 0.29) is 10.8 Å². The highest BCUT2D eigenvalue weighted by atomic mass is 32.2. The van der Waals surface area contributed by atoms with E-state index in [1.54, 1.807) is 19.1 Å². The van der Waals surface area contributed by atoms with Crippen molar-refractivity contribution in [3.8, 4) is 11.5 Å². The average Bonchev–Trinajstić information content (AvgIpc) is 2.75. The van der Waals surface area contributed by atoms with Crippen LogP contribution in [0.2, 0.25) is 0 Å². The summed E-state index contributed by atoms with van der Waals surface area (Å²) in [5.41, 5.74) is 2.27. The minimum atomic E-state index is -3.74. The highest BCUT2D eigenvalue weighted by Crippen LogP contribution is 2.32. The first-order valence-corrected chi connectivity index (χ1v) is 12.2. The maximum atomic E-state index is 13.0. The molecule has 0 unspecified atom stereocenters. The van der Waals surface area contributed by atoms with Gasteiger partial charge in [0.25, 0.3) is 0 Å². The summed E-state index contributed by atoms with van der Waals surface area (Å²) >= 11 is 0. The predicted molar refractivity (Wildman–Crippen MR) is 120 cm³/mol. The van der Waals surface area contributed by atoms with Gasteiger partial charge in [0.15, 0.2) is 11.5 Å². The molecule has 1 amide bonds. The van der Waals surface area contributed by atoms with Gasteiger partial charge in [0.05, 0.1) is 18.1 Å². The molecule has 1 aliphatic heterocycles. The van der Waals surface area contributed by atoms with Gasteiger partial charge in [-0.15, -0.1) is 0 Å². The molecule has 0 radical (unpaired) electrons. The van der Waals surface area contributed by atoms with Gasteiger partial charge in [0.1, 0.15) is 0 Å². The second-order valence-corrected chi connectivity index (χ2v) is 9.33. The van der Waals surface area contributed by atoms with Crippen molar-refractivity contribution in [3.63, 3.8) is 0 Å². The number of carbonyl (C=O) groups is 1. The molecule has 0 aromatic heterocycles. The Morgan fingerprint density at radius 2 is 1.71 bits per heavy atom. The third-order valence-electron chi connectivity index (χ3n) is 5.01. The van der Waals surface area contributed by atoms with E-state index < -0.39 is 16.1 Å². The van der Waals surface area contributed by atoms with E-state index in [0.29, 0.717) is 43.2 Å². The van der Waals surface area contributed by atoms with Crippen LogP contribution in [0.5, 0.6) is 11.5 Å². The summed E-state index contributed by atoms with van der Waals surface area (Å²) in [4.78, 5) is 11.7. The standard InChI is InChI=1S/C23H30N2O5S/c1-4-12-29-21-10-6-17(15-22(21)30-13-5-2)16(3)25-31(27,28)19-8-9-20-18(14-19)7-11-23(26)24-20/h6,8-10,14-16,25H,4-5,7,11-13H2,1-3H3,(H,24,26)/t16-/m1/s1. The zero-order chi connectivity index (χ0) is 22.4. The first kappa shape index (κ1) is 23.1. The molecule has 8 heteroatoms. The van der Waals surface area contributed by atoms with Crippen LogP contribution in [-0.4, -0.2) is 27.5 Å². The van der Waals surface area contributed by atoms with Crippen LogP contribution in [-0.2, 0) is 21.2 Å². The maximum Gasteiger partial charge on any atom is 0.241 e. The summed E-state index contributed by atoms with van der Waals surface area (Å²) < 4.78 is 40.3. The van der Waals surface area contributed by atoms with Crippen molar-refractivity contribution in [2.24, 2.45) is 0 Å². The summed E-state index contributed by atoms with van der Waals surface area (Å²) in [5.74, 6) is 1.22. The van der Waals surface area contributed by atoms with Gasteiger partial charge in [-0.3, -0.25) is 4.79 Å². The van der Waals surface area contributed by atoms with Crippen LogP contribution in [0.4, 0.5) is 5.69 Å². The van der Waals surface area contributed by atoms with Crippen molar-refractivity contribution in [1.29, 1.82) is 0 Å². The molecular formula is C23H30N2O5S. The number of rotatable bonds is 10. The van der Waals surface area contributed by atoms with Crippen molar-refractivity contribution in [2.45, 2.75) is 57.4 Å². The van der Waals surface area contributed by atoms with Gasteiger partial charge in [0.2, 0.25) is 15.9 Å². The van der Waals surface area contributed by atoms with Crippen LogP contribution in [0.25, 0.3) is 0 Å². The highest BCUT2D eigenvalue weighted by Gasteiger charge is 2.22. The van der Waals surface area contributed by atoms with E-state index in [2.05, 4.69) is 10.0 Å². The summed E-state index contributed by atoms with van der Waals surface area (Å²) in [6.45, 7) is 6.99. The molecule has 3 rings (SSSR count). The molecule has 2 aromatic carbocycles. The lowest BCUT2D eigenvalue weighted by atomic mass is 10.0. The van der Waals surface area contributed by atoms with E-state index in [4.69, 9.17) is 9.47 Å². The molecule has 0 aliphatic carbocycles. The summed E-state index contributed by atoms with van der Waals surface area (Å²) in [7, 11) is -3.74. The Kier molecular flexibility index (Phi) is 7.56. The third kappa shape index (κ3) is 5.77. The number of hydrogen-bond donors (Lipinski definition) is 2. The summed E-state index contributed by atoms with van der Waals surface area (Å²) in [6, 6.07) is 9.81. The zero-order valence-corrected chi connectivity index (χ0v) is 19.1. The van der Waals surface area contributed by atoms with Crippen molar-refractivity contribution in [1.82, 2.24) is 4.72 Å². The number of ether oxygens (including phenoxy) is 2. The van der Waals surface area contributed by atoms with E-state index >= 15 is 0 Å². The molecule has 0 fully saturated rings. The Hall–Kier alpha value is -2.58. The Labute approximate surface area is 184 Å². The topological polar surface area (TPSA) is 93.7 Å². The minimum Gasteiger partial charge on any atom is -0.490 e. The Morgan fingerprint density at radius 3 is 2.42 bits per heavy atom. The maximum absolute atomic E-state index is 13.0. The van der Waals surface area contributed by atoms with Crippen molar-refractivity contribution in [3.05, 3.63) is 47.5 Å². The minimum absolute atomic E-state index is 0.0534. The number of aryl methyl sites for hydroxylation is 1. The number of sulfonamides is 1. The smallest absolute Gasteiger partial charge is 0.241 e. The van der Waals surface area contributed by atoms with Gasteiger partial charge in [-0.25, -0.2) is 13.1 Å². The van der Waals surface area contributed by atoms with Gasteiger partial charge < -0.3 is 14.8 Å². The quantitative estimate of drug-likeness (QED) is 0.571. The Morgan fingerprint density at radius 1 is 1.00 bits per heavy atom. The van der Waals surface area contributed by atoms with Crippen LogP contribution < -0.4 is 19.5 Å². The number of fused-ring (bicyclic) bond motifs is 1. The number of nitrogens with one attached hydrogen (secondary N) is 2. The van der Waals surface area contributed by atoms with Gasteiger partial charge >= 0.3 is 0 Å². The van der Waals surface area contributed by atoms with Crippen molar-refractivity contribution in [2.75, 3.05) is 18.5 Å². The van der Waals surface area contributed by atoms with Crippen LogP contribution in [0.3, 0.4) is 0 Å². The van der Waals surface area contributed by atoms with Gasteiger partial charge in [-0.05, 0) is 67.6 Å². The largest absolute Gasteiger partial charge is 0.490 e. The number of amides is 1. The third-order valence-corrected chi connectivity index (χ3v) is 6.54. The lowest BCUT2D eigenvalue weighted by molar-refractivity contribution is -0.116. The van der Waals surface area contributed by atoms with Crippen molar-refractivity contribution >= 4 is 21.6 Å². The van der Waals surface area contributed by atoms with E-state index in [1.165, 1.54) is 6.07 Å². The molecule has 1 atom stereocenters. The Balaban J connectivity index is 1.79. The lowest BCUT2D eigenvalue weighted by Gasteiger charge is -2.20.